The Kier molecular flexibility index (Phi) is 5.94. The van der Waals surface area contributed by atoms with Crippen LogP contribution in [0.5, 0.6) is 0 Å². The molecule has 3 aromatic rings. The molecule has 0 bridgehead atoms. The van der Waals surface area contributed by atoms with E-state index >= 15 is 0 Å². The second-order valence-corrected chi connectivity index (χ2v) is 8.62. The Morgan fingerprint density at radius 3 is 2.55 bits per heavy atom. The zero-order valence-corrected chi connectivity index (χ0v) is 19.2. The second kappa shape index (κ2) is 8.65. The first-order valence-electron chi connectivity index (χ1n) is 11.3. The molecule has 0 aliphatic carbocycles. The highest BCUT2D eigenvalue weighted by Gasteiger charge is 2.25. The number of carbonyl (C=O) groups is 1. The van der Waals surface area contributed by atoms with Gasteiger partial charge in [-0.1, -0.05) is 39.0 Å². The third-order valence-corrected chi connectivity index (χ3v) is 5.99. The van der Waals surface area contributed by atoms with Crippen LogP contribution < -0.4 is 4.90 Å². The predicted octanol–water partition coefficient (Wildman–Crippen LogP) is 3.69. The lowest BCUT2D eigenvalue weighted by Gasteiger charge is -2.24. The number of hydrogen-bond acceptors (Lipinski definition) is 5. The molecule has 1 fully saturated rings. The zero-order valence-electron chi connectivity index (χ0n) is 19.2. The maximum absolute atomic E-state index is 12.5. The van der Waals surface area contributed by atoms with Crippen molar-refractivity contribution in [1.29, 1.82) is 0 Å². The second-order valence-electron chi connectivity index (χ2n) is 8.62. The third kappa shape index (κ3) is 4.01. The smallest absolute Gasteiger partial charge is 0.225 e. The molecular weight excluding hydrogens is 388 g/mol. The van der Waals surface area contributed by atoms with Crippen molar-refractivity contribution >= 4 is 22.8 Å². The summed E-state index contributed by atoms with van der Waals surface area (Å²) in [5, 5.41) is 5.87. The highest BCUT2D eigenvalue weighted by molar-refractivity contribution is 5.91. The molecule has 1 amide bonds. The number of nitrogens with zero attached hydrogens (tertiary/aromatic N) is 6. The summed E-state index contributed by atoms with van der Waals surface area (Å²) in [5.41, 5.74) is 3.97. The molecule has 1 aliphatic rings. The number of anilines is 1. The van der Waals surface area contributed by atoms with Gasteiger partial charge >= 0.3 is 0 Å². The zero-order chi connectivity index (χ0) is 22.1. The van der Waals surface area contributed by atoms with E-state index in [4.69, 9.17) is 15.1 Å². The molecule has 2 aromatic heterocycles. The number of amides is 1. The lowest BCUT2D eigenvalue weighted by Crippen LogP contribution is -2.37. The minimum atomic E-state index is 0.0265. The summed E-state index contributed by atoms with van der Waals surface area (Å²) in [7, 11) is 0. The van der Waals surface area contributed by atoms with Gasteiger partial charge in [-0.3, -0.25) is 4.79 Å². The van der Waals surface area contributed by atoms with E-state index in [2.05, 4.69) is 30.9 Å². The molecule has 0 atom stereocenters. The van der Waals surface area contributed by atoms with Crippen molar-refractivity contribution in [3.8, 4) is 5.69 Å². The number of carbonyl (C=O) groups excluding carboxylic acids is 1. The van der Waals surface area contributed by atoms with Crippen LogP contribution in [0.3, 0.4) is 0 Å². The molecule has 0 radical (unpaired) electrons. The fourth-order valence-electron chi connectivity index (χ4n) is 4.28. The van der Waals surface area contributed by atoms with Crippen LogP contribution in [0.2, 0.25) is 0 Å². The number of hydrogen-bond donors (Lipinski definition) is 0. The number of aromatic nitrogens is 4. The first-order chi connectivity index (χ1) is 14.9. The van der Waals surface area contributed by atoms with Crippen LogP contribution in [0.4, 0.5) is 5.82 Å². The number of rotatable bonds is 4. The fraction of sp³-hybridized carbons (Fsp3) is 0.500. The molecule has 164 valence electrons. The Labute approximate surface area is 184 Å². The van der Waals surface area contributed by atoms with Crippen LogP contribution >= 0.6 is 0 Å². The molecule has 0 unspecified atom stereocenters. The van der Waals surface area contributed by atoms with Crippen molar-refractivity contribution in [2.75, 3.05) is 31.1 Å². The Morgan fingerprint density at radius 1 is 1.06 bits per heavy atom. The first-order valence-corrected chi connectivity index (χ1v) is 11.3. The lowest BCUT2D eigenvalue weighted by molar-refractivity contribution is -0.134. The van der Waals surface area contributed by atoms with Crippen LogP contribution in [0.15, 0.2) is 24.3 Å². The van der Waals surface area contributed by atoms with Gasteiger partial charge in [0.25, 0.3) is 0 Å². The Hall–Kier alpha value is -2.96. The van der Waals surface area contributed by atoms with Gasteiger partial charge in [-0.15, -0.1) is 0 Å². The van der Waals surface area contributed by atoms with Crippen molar-refractivity contribution in [1.82, 2.24) is 24.6 Å². The van der Waals surface area contributed by atoms with E-state index in [-0.39, 0.29) is 11.8 Å². The lowest BCUT2D eigenvalue weighted by atomic mass is 10.2. The van der Waals surface area contributed by atoms with Gasteiger partial charge in [0.05, 0.1) is 16.8 Å². The summed E-state index contributed by atoms with van der Waals surface area (Å²) >= 11 is 0. The average molecular weight is 421 g/mol. The van der Waals surface area contributed by atoms with E-state index in [0.29, 0.717) is 0 Å². The Morgan fingerprint density at radius 2 is 1.84 bits per heavy atom. The highest BCUT2D eigenvalue weighted by Crippen LogP contribution is 2.30. The van der Waals surface area contributed by atoms with Gasteiger partial charge in [-0.25, -0.2) is 14.6 Å². The molecule has 1 saturated heterocycles. The Balaban J connectivity index is 1.78. The van der Waals surface area contributed by atoms with Gasteiger partial charge in [0.1, 0.15) is 11.6 Å². The largest absolute Gasteiger partial charge is 0.354 e. The van der Waals surface area contributed by atoms with Crippen LogP contribution in [0, 0.1) is 19.8 Å². The normalized spacial score (nSPS) is 15.0. The molecule has 7 nitrogen and oxygen atoms in total. The standard InChI is InChI=1S/C24H32N6O/c1-6-20-25-22(28-12-9-13-29(15-14-28)24(31)16(2)3)21-18(5)27-30(23(21)26-20)19-11-8-7-10-17(19)4/h7-8,10-11,16H,6,9,12-15H2,1-5H3. The average Bonchev–Trinajstić information content (AvgIpc) is 2.93. The molecule has 4 rings (SSSR count). The van der Waals surface area contributed by atoms with Gasteiger partial charge in [0.2, 0.25) is 5.91 Å². The minimum absolute atomic E-state index is 0.0265. The van der Waals surface area contributed by atoms with Crippen LogP contribution in [0.1, 0.15) is 44.3 Å². The van der Waals surface area contributed by atoms with Crippen molar-refractivity contribution in [3.05, 3.63) is 41.3 Å². The van der Waals surface area contributed by atoms with Crippen molar-refractivity contribution in [2.45, 2.75) is 47.5 Å². The number of para-hydroxylation sites is 1. The SMILES string of the molecule is CCc1nc(N2CCCN(C(=O)C(C)C)CC2)c2c(C)nn(-c3ccccc3C)c2n1. The number of aryl methyl sites for hydroxylation is 3. The van der Waals surface area contributed by atoms with E-state index in [0.717, 1.165) is 78.6 Å². The van der Waals surface area contributed by atoms with E-state index in [1.165, 1.54) is 0 Å². The van der Waals surface area contributed by atoms with Gasteiger partial charge in [-0.2, -0.15) is 5.10 Å². The summed E-state index contributed by atoms with van der Waals surface area (Å²) in [6.45, 7) is 13.3. The molecule has 0 N–H and O–H groups in total. The van der Waals surface area contributed by atoms with Crippen LogP contribution in [-0.2, 0) is 11.2 Å². The number of benzene rings is 1. The molecule has 1 aliphatic heterocycles. The summed E-state index contributed by atoms with van der Waals surface area (Å²) in [5.74, 6) is 2.01. The molecule has 7 heteroatoms. The molecule has 0 spiro atoms. The van der Waals surface area contributed by atoms with Crippen LogP contribution in [-0.4, -0.2) is 56.7 Å². The first kappa shape index (κ1) is 21.3. The highest BCUT2D eigenvalue weighted by atomic mass is 16.2. The van der Waals surface area contributed by atoms with Crippen molar-refractivity contribution < 1.29 is 4.79 Å². The van der Waals surface area contributed by atoms with Crippen molar-refractivity contribution in [3.63, 3.8) is 0 Å². The van der Waals surface area contributed by atoms with E-state index in [1.54, 1.807) is 0 Å². The van der Waals surface area contributed by atoms with Gasteiger partial charge in [0, 0.05) is 38.5 Å². The van der Waals surface area contributed by atoms with Gasteiger partial charge in [0.15, 0.2) is 5.65 Å². The third-order valence-electron chi connectivity index (χ3n) is 5.99. The van der Waals surface area contributed by atoms with E-state index < -0.39 is 0 Å². The van der Waals surface area contributed by atoms with Gasteiger partial charge < -0.3 is 9.80 Å². The fourth-order valence-corrected chi connectivity index (χ4v) is 4.28. The van der Waals surface area contributed by atoms with E-state index in [1.807, 2.05) is 42.5 Å². The molecular formula is C24H32N6O. The maximum atomic E-state index is 12.5. The Bertz CT molecular complexity index is 1100. The monoisotopic (exact) mass is 420 g/mol. The van der Waals surface area contributed by atoms with Gasteiger partial charge in [-0.05, 0) is 31.9 Å². The topological polar surface area (TPSA) is 67.2 Å². The predicted molar refractivity (Wildman–Crippen MR) is 124 cm³/mol. The van der Waals surface area contributed by atoms with E-state index in [9.17, 15) is 4.79 Å². The summed E-state index contributed by atoms with van der Waals surface area (Å²) in [4.78, 5) is 26.6. The molecule has 1 aromatic carbocycles. The number of fused-ring (bicyclic) bond motifs is 1. The molecule has 3 heterocycles. The summed E-state index contributed by atoms with van der Waals surface area (Å²) in [6.07, 6.45) is 1.68. The minimum Gasteiger partial charge on any atom is -0.354 e. The maximum Gasteiger partial charge on any atom is 0.225 e. The summed E-state index contributed by atoms with van der Waals surface area (Å²) in [6, 6.07) is 8.24. The van der Waals surface area contributed by atoms with Crippen molar-refractivity contribution in [2.24, 2.45) is 5.92 Å². The quantitative estimate of drug-likeness (QED) is 0.644. The molecule has 31 heavy (non-hydrogen) atoms. The van der Waals surface area contributed by atoms with Crippen LogP contribution in [0.25, 0.3) is 16.7 Å². The summed E-state index contributed by atoms with van der Waals surface area (Å²) < 4.78 is 1.96. The molecule has 0 saturated carbocycles.